The topological polar surface area (TPSA) is 32.7 Å². The van der Waals surface area contributed by atoms with Gasteiger partial charge in [-0.05, 0) is 43.8 Å². The van der Waals surface area contributed by atoms with Crippen LogP contribution in [-0.2, 0) is 4.74 Å². The van der Waals surface area contributed by atoms with E-state index in [0.717, 1.165) is 38.0 Å². The summed E-state index contributed by atoms with van der Waals surface area (Å²) in [6, 6.07) is 0. The van der Waals surface area contributed by atoms with Crippen LogP contribution in [0.3, 0.4) is 0 Å². The van der Waals surface area contributed by atoms with Crippen LogP contribution in [-0.4, -0.2) is 35.8 Å². The first-order valence-corrected chi connectivity index (χ1v) is 7.03. The Morgan fingerprint density at radius 1 is 1.22 bits per heavy atom. The second kappa shape index (κ2) is 5.79. The predicted octanol–water partition coefficient (Wildman–Crippen LogP) is 2.68. The van der Waals surface area contributed by atoms with Crippen molar-refractivity contribution in [2.45, 2.75) is 51.7 Å². The van der Waals surface area contributed by atoms with Gasteiger partial charge in [0.15, 0.2) is 0 Å². The molecule has 1 aliphatic carbocycles. The minimum atomic E-state index is -0.111. The lowest BCUT2D eigenvalue weighted by atomic mass is 9.95. The fraction of sp³-hybridized carbons (Fsp3) is 0.733. The molecule has 1 aliphatic heterocycles. The van der Waals surface area contributed by atoms with Gasteiger partial charge in [0.2, 0.25) is 0 Å². The molecule has 102 valence electrons. The SMILES string of the molecule is CC(C)C1=CC=C(OC2CCC(O)CC2)CN1C. The zero-order chi connectivity index (χ0) is 13.1. The van der Waals surface area contributed by atoms with Gasteiger partial charge in [-0.25, -0.2) is 0 Å². The second-order valence-corrected chi connectivity index (χ2v) is 5.78. The average Bonchev–Trinajstić information content (AvgIpc) is 2.32. The third-order valence-electron chi connectivity index (χ3n) is 3.83. The molecule has 0 radical (unpaired) electrons. The zero-order valence-electron chi connectivity index (χ0n) is 11.7. The van der Waals surface area contributed by atoms with E-state index in [-0.39, 0.29) is 6.10 Å². The summed E-state index contributed by atoms with van der Waals surface area (Å²) in [5.74, 6) is 1.61. The van der Waals surface area contributed by atoms with E-state index >= 15 is 0 Å². The number of aliphatic hydroxyl groups excluding tert-OH is 1. The molecular weight excluding hydrogens is 226 g/mol. The lowest BCUT2D eigenvalue weighted by Gasteiger charge is -2.32. The van der Waals surface area contributed by atoms with Crippen molar-refractivity contribution < 1.29 is 9.84 Å². The summed E-state index contributed by atoms with van der Waals surface area (Å²) < 4.78 is 6.04. The standard InChI is InChI=1S/C15H25NO2/c1-11(2)15-9-8-14(10-16(15)3)18-13-6-4-12(17)5-7-13/h8-9,11-13,17H,4-7,10H2,1-3H3. The van der Waals surface area contributed by atoms with Gasteiger partial charge in [-0.3, -0.25) is 0 Å². The Morgan fingerprint density at radius 2 is 1.89 bits per heavy atom. The molecule has 2 rings (SSSR count). The molecule has 18 heavy (non-hydrogen) atoms. The van der Waals surface area contributed by atoms with Crippen LogP contribution in [0.1, 0.15) is 39.5 Å². The van der Waals surface area contributed by atoms with Crippen molar-refractivity contribution >= 4 is 0 Å². The number of hydrogen-bond donors (Lipinski definition) is 1. The number of ether oxygens (including phenoxy) is 1. The van der Waals surface area contributed by atoms with Gasteiger partial charge in [-0.2, -0.15) is 0 Å². The molecule has 1 heterocycles. The third kappa shape index (κ3) is 3.29. The molecule has 0 amide bonds. The lowest BCUT2D eigenvalue weighted by Crippen LogP contribution is -2.30. The zero-order valence-corrected chi connectivity index (χ0v) is 11.7. The Bertz CT molecular complexity index is 338. The Labute approximate surface area is 110 Å². The Kier molecular flexibility index (Phi) is 4.33. The van der Waals surface area contributed by atoms with Gasteiger partial charge >= 0.3 is 0 Å². The van der Waals surface area contributed by atoms with E-state index in [1.807, 2.05) is 0 Å². The molecule has 1 N–H and O–H groups in total. The van der Waals surface area contributed by atoms with Crippen LogP contribution in [0.15, 0.2) is 23.6 Å². The van der Waals surface area contributed by atoms with Crippen molar-refractivity contribution in [1.29, 1.82) is 0 Å². The molecule has 1 fully saturated rings. The predicted molar refractivity (Wildman–Crippen MR) is 73.0 cm³/mol. The first-order valence-electron chi connectivity index (χ1n) is 7.03. The van der Waals surface area contributed by atoms with Crippen molar-refractivity contribution in [3.05, 3.63) is 23.6 Å². The molecule has 2 aliphatic rings. The molecule has 0 aromatic rings. The fourth-order valence-electron chi connectivity index (χ4n) is 2.77. The minimum absolute atomic E-state index is 0.111. The molecule has 3 heteroatoms. The van der Waals surface area contributed by atoms with Gasteiger partial charge in [0.05, 0.1) is 18.8 Å². The molecule has 0 unspecified atom stereocenters. The van der Waals surface area contributed by atoms with Crippen LogP contribution in [0.25, 0.3) is 0 Å². The quantitative estimate of drug-likeness (QED) is 0.837. The summed E-state index contributed by atoms with van der Waals surface area (Å²) in [5.41, 5.74) is 1.36. The summed E-state index contributed by atoms with van der Waals surface area (Å²) in [6.07, 6.45) is 8.16. The Morgan fingerprint density at radius 3 is 2.44 bits per heavy atom. The van der Waals surface area contributed by atoms with Crippen LogP contribution in [0.4, 0.5) is 0 Å². The number of allylic oxidation sites excluding steroid dienone is 3. The molecule has 0 spiro atoms. The first-order chi connectivity index (χ1) is 8.56. The molecule has 0 saturated heterocycles. The summed E-state index contributed by atoms with van der Waals surface area (Å²) in [6.45, 7) is 5.29. The molecule has 0 aromatic carbocycles. The highest BCUT2D eigenvalue weighted by Crippen LogP contribution is 2.26. The molecule has 3 nitrogen and oxygen atoms in total. The van der Waals surface area contributed by atoms with Crippen molar-refractivity contribution in [1.82, 2.24) is 4.90 Å². The highest BCUT2D eigenvalue weighted by molar-refractivity contribution is 5.22. The molecule has 1 saturated carbocycles. The van der Waals surface area contributed by atoms with Crippen LogP contribution < -0.4 is 0 Å². The van der Waals surface area contributed by atoms with Crippen molar-refractivity contribution in [2.75, 3.05) is 13.6 Å². The van der Waals surface area contributed by atoms with E-state index in [1.165, 1.54) is 5.70 Å². The monoisotopic (exact) mass is 251 g/mol. The van der Waals surface area contributed by atoms with Crippen LogP contribution in [0.2, 0.25) is 0 Å². The van der Waals surface area contributed by atoms with E-state index in [0.29, 0.717) is 12.0 Å². The normalized spacial score (nSPS) is 29.1. The number of aliphatic hydroxyl groups is 1. The Balaban J connectivity index is 1.91. The van der Waals surface area contributed by atoms with Crippen LogP contribution in [0, 0.1) is 5.92 Å². The largest absolute Gasteiger partial charge is 0.493 e. The average molecular weight is 251 g/mol. The van der Waals surface area contributed by atoms with Gasteiger partial charge < -0.3 is 14.7 Å². The van der Waals surface area contributed by atoms with Crippen molar-refractivity contribution in [3.8, 4) is 0 Å². The van der Waals surface area contributed by atoms with E-state index in [4.69, 9.17) is 4.74 Å². The van der Waals surface area contributed by atoms with E-state index in [2.05, 4.69) is 37.9 Å². The van der Waals surface area contributed by atoms with Gasteiger partial charge in [0.25, 0.3) is 0 Å². The smallest absolute Gasteiger partial charge is 0.116 e. The summed E-state index contributed by atoms with van der Waals surface area (Å²) in [7, 11) is 2.12. The van der Waals surface area contributed by atoms with Crippen LogP contribution in [0.5, 0.6) is 0 Å². The summed E-state index contributed by atoms with van der Waals surface area (Å²) in [4.78, 5) is 2.26. The number of nitrogens with zero attached hydrogens (tertiary/aromatic N) is 1. The number of likely N-dealkylation sites (N-methyl/N-ethyl adjacent to an activating group) is 1. The van der Waals surface area contributed by atoms with Gasteiger partial charge in [0.1, 0.15) is 5.76 Å². The van der Waals surface area contributed by atoms with E-state index < -0.39 is 0 Å². The van der Waals surface area contributed by atoms with E-state index in [1.54, 1.807) is 0 Å². The fourth-order valence-corrected chi connectivity index (χ4v) is 2.77. The molecule has 0 aromatic heterocycles. The van der Waals surface area contributed by atoms with Gasteiger partial charge in [-0.15, -0.1) is 0 Å². The highest BCUT2D eigenvalue weighted by atomic mass is 16.5. The molecular formula is C15H25NO2. The van der Waals surface area contributed by atoms with Crippen LogP contribution >= 0.6 is 0 Å². The third-order valence-corrected chi connectivity index (χ3v) is 3.83. The second-order valence-electron chi connectivity index (χ2n) is 5.78. The van der Waals surface area contributed by atoms with Gasteiger partial charge in [0, 0.05) is 12.7 Å². The minimum Gasteiger partial charge on any atom is -0.493 e. The Hall–Kier alpha value is -0.960. The van der Waals surface area contributed by atoms with Gasteiger partial charge in [-0.1, -0.05) is 13.8 Å². The van der Waals surface area contributed by atoms with Crippen molar-refractivity contribution in [3.63, 3.8) is 0 Å². The summed E-state index contributed by atoms with van der Waals surface area (Å²) in [5, 5.41) is 9.48. The lowest BCUT2D eigenvalue weighted by molar-refractivity contribution is 0.0258. The maximum absolute atomic E-state index is 9.48. The van der Waals surface area contributed by atoms with E-state index in [9.17, 15) is 5.11 Å². The number of rotatable bonds is 3. The maximum Gasteiger partial charge on any atom is 0.116 e. The molecule has 0 atom stereocenters. The first kappa shape index (κ1) is 13.5. The molecule has 0 bridgehead atoms. The highest BCUT2D eigenvalue weighted by Gasteiger charge is 2.23. The maximum atomic E-state index is 9.48. The summed E-state index contributed by atoms with van der Waals surface area (Å²) >= 11 is 0. The number of hydrogen-bond acceptors (Lipinski definition) is 3. The van der Waals surface area contributed by atoms with Crippen molar-refractivity contribution in [2.24, 2.45) is 5.92 Å².